The van der Waals surface area contributed by atoms with Crippen LogP contribution in [0.3, 0.4) is 0 Å². The van der Waals surface area contributed by atoms with E-state index in [1.165, 1.54) is 0 Å². The van der Waals surface area contributed by atoms with Gasteiger partial charge in [-0.05, 0) is 6.54 Å². The molecule has 0 spiro atoms. The molecule has 0 aliphatic carbocycles. The minimum absolute atomic E-state index is 0.903. The smallest absolute Gasteiger partial charge is 0.0594 e. The fourth-order valence-corrected chi connectivity index (χ4v) is 1.05. The van der Waals surface area contributed by atoms with Gasteiger partial charge in [0.2, 0.25) is 0 Å². The fraction of sp³-hybridized carbons (Fsp3) is 0.857. The van der Waals surface area contributed by atoms with Gasteiger partial charge in [0.1, 0.15) is 0 Å². The van der Waals surface area contributed by atoms with Gasteiger partial charge in [-0.1, -0.05) is 0 Å². The van der Waals surface area contributed by atoms with E-state index < -0.39 is 0 Å². The van der Waals surface area contributed by atoms with Gasteiger partial charge in [-0.15, -0.1) is 0 Å². The van der Waals surface area contributed by atoms with Crippen LogP contribution in [0.2, 0.25) is 0 Å². The number of hydrogen-bond donors (Lipinski definition) is 0. The summed E-state index contributed by atoms with van der Waals surface area (Å²) in [5.41, 5.74) is 0. The lowest BCUT2D eigenvalue weighted by Gasteiger charge is -2.26. The molecule has 0 atom stereocenters. The van der Waals surface area contributed by atoms with Crippen LogP contribution in [0.4, 0.5) is 0 Å². The molecule has 0 radical (unpaired) electrons. The lowest BCUT2D eigenvalue weighted by Crippen LogP contribution is -2.36. The zero-order valence-corrected chi connectivity index (χ0v) is 5.81. The molecular weight excluding hydrogens is 114 g/mol. The first kappa shape index (κ1) is 7.03. The first-order valence-electron chi connectivity index (χ1n) is 3.53. The van der Waals surface area contributed by atoms with Gasteiger partial charge in [0, 0.05) is 13.1 Å². The third kappa shape index (κ3) is 2.33. The van der Waals surface area contributed by atoms with Crippen LogP contribution in [0.1, 0.15) is 6.42 Å². The third-order valence-electron chi connectivity index (χ3n) is 1.58. The lowest BCUT2D eigenvalue weighted by molar-refractivity contribution is 0.0387. The minimum Gasteiger partial charge on any atom is -0.379 e. The summed E-state index contributed by atoms with van der Waals surface area (Å²) < 4.78 is 5.18. The van der Waals surface area contributed by atoms with Crippen molar-refractivity contribution < 1.29 is 4.74 Å². The fourth-order valence-electron chi connectivity index (χ4n) is 1.05. The van der Waals surface area contributed by atoms with Crippen LogP contribution in [0.15, 0.2) is 0 Å². The predicted octanol–water partition coefficient (Wildman–Crippen LogP) is 0.543. The summed E-state index contributed by atoms with van der Waals surface area (Å²) in [6, 6.07) is 0. The molecule has 1 rings (SSSR count). The molecule has 1 fully saturated rings. The van der Waals surface area contributed by atoms with E-state index in [4.69, 9.17) is 4.74 Å². The molecule has 0 saturated carbocycles. The highest BCUT2D eigenvalue weighted by Crippen LogP contribution is 1.96. The Morgan fingerprint density at radius 1 is 1.33 bits per heavy atom. The second kappa shape index (κ2) is 3.85. The van der Waals surface area contributed by atoms with E-state index in [1.807, 2.05) is 0 Å². The van der Waals surface area contributed by atoms with Crippen molar-refractivity contribution >= 4 is 0 Å². The topological polar surface area (TPSA) is 12.5 Å². The molecule has 0 amide bonds. The maximum Gasteiger partial charge on any atom is 0.0594 e. The summed E-state index contributed by atoms with van der Waals surface area (Å²) in [7, 11) is 0. The Morgan fingerprint density at radius 3 is 2.56 bits per heavy atom. The molecule has 2 nitrogen and oxygen atoms in total. The van der Waals surface area contributed by atoms with Crippen LogP contribution < -0.4 is 0 Å². The molecule has 1 aliphatic rings. The van der Waals surface area contributed by atoms with E-state index in [-0.39, 0.29) is 0 Å². The van der Waals surface area contributed by atoms with Crippen molar-refractivity contribution in [3.8, 4) is 0 Å². The van der Waals surface area contributed by atoms with E-state index >= 15 is 0 Å². The normalized spacial score (nSPS) is 22.3. The highest BCUT2D eigenvalue weighted by molar-refractivity contribution is 4.61. The van der Waals surface area contributed by atoms with Crippen LogP contribution in [-0.4, -0.2) is 37.7 Å². The number of morpholine rings is 1. The van der Waals surface area contributed by atoms with Gasteiger partial charge in [-0.2, -0.15) is 6.42 Å². The maximum absolute atomic E-state index is 5.18. The van der Waals surface area contributed by atoms with Crippen molar-refractivity contribution in [3.05, 3.63) is 6.92 Å². The van der Waals surface area contributed by atoms with Crippen molar-refractivity contribution in [1.82, 2.24) is 4.90 Å². The van der Waals surface area contributed by atoms with Crippen molar-refractivity contribution in [1.29, 1.82) is 0 Å². The molecule has 1 heterocycles. The Morgan fingerprint density at radius 2 is 2.00 bits per heavy atom. The first-order valence-corrected chi connectivity index (χ1v) is 3.53. The molecule has 2 heteroatoms. The Bertz CT molecular complexity index is 66.6. The Labute approximate surface area is 56.8 Å². The van der Waals surface area contributed by atoms with Gasteiger partial charge in [-0.3, -0.25) is 0 Å². The molecule has 0 aromatic carbocycles. The molecule has 1 aliphatic heterocycles. The van der Waals surface area contributed by atoms with E-state index in [9.17, 15) is 0 Å². The largest absolute Gasteiger partial charge is 0.379 e. The van der Waals surface area contributed by atoms with E-state index in [1.54, 1.807) is 0 Å². The summed E-state index contributed by atoms with van der Waals surface area (Å²) in [6.45, 7) is 8.92. The third-order valence-corrected chi connectivity index (χ3v) is 1.58. The summed E-state index contributed by atoms with van der Waals surface area (Å²) in [4.78, 5) is 2.39. The van der Waals surface area contributed by atoms with E-state index in [2.05, 4.69) is 11.8 Å². The standard InChI is InChI=1S/C7H14NO/c1-2-3-8-4-6-9-7-5-8/h1-7H2/q-1. The lowest BCUT2D eigenvalue weighted by atomic mass is 10.4. The van der Waals surface area contributed by atoms with Crippen LogP contribution >= 0.6 is 0 Å². The number of hydrogen-bond acceptors (Lipinski definition) is 2. The highest BCUT2D eigenvalue weighted by Gasteiger charge is 2.06. The second-order valence-corrected chi connectivity index (χ2v) is 2.31. The van der Waals surface area contributed by atoms with Gasteiger partial charge < -0.3 is 16.6 Å². The van der Waals surface area contributed by atoms with Crippen LogP contribution in [0.25, 0.3) is 0 Å². The van der Waals surface area contributed by atoms with Gasteiger partial charge in [0.05, 0.1) is 13.2 Å². The molecule has 0 N–H and O–H groups in total. The average Bonchev–Trinajstić information content (AvgIpc) is 1.91. The van der Waals surface area contributed by atoms with Crippen molar-refractivity contribution in [2.75, 3.05) is 32.8 Å². The summed E-state index contributed by atoms with van der Waals surface area (Å²) in [5.74, 6) is 0. The molecule has 0 aromatic heterocycles. The van der Waals surface area contributed by atoms with Crippen molar-refractivity contribution in [2.24, 2.45) is 0 Å². The molecule has 0 bridgehead atoms. The Kier molecular flexibility index (Phi) is 3.01. The highest BCUT2D eigenvalue weighted by atomic mass is 16.5. The van der Waals surface area contributed by atoms with E-state index in [0.717, 1.165) is 39.3 Å². The van der Waals surface area contributed by atoms with E-state index in [0.29, 0.717) is 0 Å². The van der Waals surface area contributed by atoms with Gasteiger partial charge >= 0.3 is 0 Å². The van der Waals surface area contributed by atoms with Crippen LogP contribution in [-0.2, 0) is 4.74 Å². The van der Waals surface area contributed by atoms with Crippen LogP contribution in [0.5, 0.6) is 0 Å². The monoisotopic (exact) mass is 128 g/mol. The molecule has 54 valence electrons. The summed E-state index contributed by atoms with van der Waals surface area (Å²) in [5, 5.41) is 0. The quantitative estimate of drug-likeness (QED) is 0.503. The number of ether oxygens (including phenoxy) is 1. The molecular formula is C7H14NO-. The Balaban J connectivity index is 2.08. The predicted molar refractivity (Wildman–Crippen MR) is 37.2 cm³/mol. The van der Waals surface area contributed by atoms with Gasteiger partial charge in [-0.25, -0.2) is 0 Å². The number of nitrogens with zero attached hydrogens (tertiary/aromatic N) is 1. The van der Waals surface area contributed by atoms with Gasteiger partial charge in [0.15, 0.2) is 0 Å². The molecule has 0 aromatic rings. The molecule has 9 heavy (non-hydrogen) atoms. The maximum atomic E-state index is 5.18. The van der Waals surface area contributed by atoms with Crippen LogP contribution in [0, 0.1) is 6.92 Å². The average molecular weight is 128 g/mol. The molecule has 0 unspecified atom stereocenters. The zero-order valence-electron chi connectivity index (χ0n) is 5.81. The van der Waals surface area contributed by atoms with Crippen molar-refractivity contribution in [3.63, 3.8) is 0 Å². The molecule has 1 saturated heterocycles. The summed E-state index contributed by atoms with van der Waals surface area (Å²) in [6.07, 6.45) is 1.01. The Hall–Kier alpha value is -0.0800. The first-order chi connectivity index (χ1) is 4.43. The minimum atomic E-state index is 0.903. The number of rotatable bonds is 2. The second-order valence-electron chi connectivity index (χ2n) is 2.31. The van der Waals surface area contributed by atoms with Crippen molar-refractivity contribution in [2.45, 2.75) is 6.42 Å². The SMILES string of the molecule is [CH2-]CCN1CCOCC1. The van der Waals surface area contributed by atoms with Gasteiger partial charge in [0.25, 0.3) is 0 Å². The summed E-state index contributed by atoms with van der Waals surface area (Å²) >= 11 is 0. The zero-order chi connectivity index (χ0) is 6.53.